The molecule has 1 aliphatic heterocycles. The molecule has 1 saturated heterocycles. The molecule has 2 rings (SSSR count). The van der Waals surface area contributed by atoms with Crippen LogP contribution in [0.1, 0.15) is 25.1 Å². The summed E-state index contributed by atoms with van der Waals surface area (Å²) in [7, 11) is 0. The number of nitrogens with one attached hydrogen (secondary N) is 2. The highest BCUT2D eigenvalue weighted by Gasteiger charge is 2.12. The standard InChI is InChI=1S/C10H17N3/c1(2-10-12-7-8-13-10)9-3-5-11-6-4-9/h7-9,11H,1-6H2,(H,12,13). The first-order valence-corrected chi connectivity index (χ1v) is 5.14. The van der Waals surface area contributed by atoms with Crippen molar-refractivity contribution in [1.82, 2.24) is 15.3 Å². The van der Waals surface area contributed by atoms with E-state index < -0.39 is 0 Å². The Morgan fingerprint density at radius 1 is 1.38 bits per heavy atom. The maximum Gasteiger partial charge on any atom is 0.106 e. The number of aromatic amines is 1. The van der Waals surface area contributed by atoms with Crippen molar-refractivity contribution in [3.05, 3.63) is 18.2 Å². The van der Waals surface area contributed by atoms with Gasteiger partial charge < -0.3 is 10.3 Å². The number of H-pyrrole nitrogens is 1. The average molecular weight is 179 g/mol. The van der Waals surface area contributed by atoms with Gasteiger partial charge in [0.1, 0.15) is 5.82 Å². The molecule has 1 aromatic rings. The minimum Gasteiger partial charge on any atom is -0.349 e. The van der Waals surface area contributed by atoms with E-state index in [4.69, 9.17) is 0 Å². The van der Waals surface area contributed by atoms with E-state index in [2.05, 4.69) is 15.3 Å². The van der Waals surface area contributed by atoms with Crippen LogP contribution in [-0.2, 0) is 6.42 Å². The van der Waals surface area contributed by atoms with Crippen molar-refractivity contribution in [3.63, 3.8) is 0 Å². The third-order valence-corrected chi connectivity index (χ3v) is 2.80. The molecule has 2 N–H and O–H groups in total. The topological polar surface area (TPSA) is 40.7 Å². The summed E-state index contributed by atoms with van der Waals surface area (Å²) in [5.41, 5.74) is 0. The molecule has 0 amide bonds. The first-order chi connectivity index (χ1) is 6.45. The number of aromatic nitrogens is 2. The Balaban J connectivity index is 1.72. The van der Waals surface area contributed by atoms with Gasteiger partial charge in [0.2, 0.25) is 0 Å². The van der Waals surface area contributed by atoms with Gasteiger partial charge in [0.15, 0.2) is 0 Å². The number of rotatable bonds is 3. The average Bonchev–Trinajstić information content (AvgIpc) is 2.69. The van der Waals surface area contributed by atoms with Crippen LogP contribution in [0.3, 0.4) is 0 Å². The van der Waals surface area contributed by atoms with E-state index >= 15 is 0 Å². The second-order valence-corrected chi connectivity index (χ2v) is 3.77. The van der Waals surface area contributed by atoms with Crippen LogP contribution >= 0.6 is 0 Å². The quantitative estimate of drug-likeness (QED) is 0.735. The van der Waals surface area contributed by atoms with Crippen molar-refractivity contribution in [2.45, 2.75) is 25.7 Å². The Labute approximate surface area is 79.0 Å². The fourth-order valence-electron chi connectivity index (χ4n) is 1.95. The summed E-state index contributed by atoms with van der Waals surface area (Å²) in [5, 5.41) is 3.38. The SMILES string of the molecule is c1c[nH]c(CCC2CCNCC2)n1. The van der Waals surface area contributed by atoms with Gasteiger partial charge in [-0.2, -0.15) is 0 Å². The zero-order chi connectivity index (χ0) is 8.93. The van der Waals surface area contributed by atoms with Crippen LogP contribution in [0.2, 0.25) is 0 Å². The molecular formula is C10H17N3. The highest BCUT2D eigenvalue weighted by molar-refractivity contribution is 4.87. The number of hydrogen-bond donors (Lipinski definition) is 2. The van der Waals surface area contributed by atoms with E-state index in [9.17, 15) is 0 Å². The molecule has 1 fully saturated rings. The molecule has 13 heavy (non-hydrogen) atoms. The molecule has 0 aromatic carbocycles. The molecule has 1 aromatic heterocycles. The fraction of sp³-hybridized carbons (Fsp3) is 0.700. The smallest absolute Gasteiger partial charge is 0.106 e. The zero-order valence-corrected chi connectivity index (χ0v) is 7.92. The van der Waals surface area contributed by atoms with Crippen molar-refractivity contribution in [2.75, 3.05) is 13.1 Å². The number of piperidine rings is 1. The number of nitrogens with zero attached hydrogens (tertiary/aromatic N) is 1. The Morgan fingerprint density at radius 3 is 2.92 bits per heavy atom. The molecule has 0 unspecified atom stereocenters. The summed E-state index contributed by atoms with van der Waals surface area (Å²) in [6, 6.07) is 0. The largest absolute Gasteiger partial charge is 0.349 e. The second-order valence-electron chi connectivity index (χ2n) is 3.77. The lowest BCUT2D eigenvalue weighted by Crippen LogP contribution is -2.27. The predicted molar refractivity (Wildman–Crippen MR) is 52.5 cm³/mol. The van der Waals surface area contributed by atoms with Crippen LogP contribution in [0.4, 0.5) is 0 Å². The third kappa shape index (κ3) is 2.56. The highest BCUT2D eigenvalue weighted by Crippen LogP contribution is 2.17. The molecule has 0 aliphatic carbocycles. The summed E-state index contributed by atoms with van der Waals surface area (Å²) < 4.78 is 0. The van der Waals surface area contributed by atoms with Crippen LogP contribution in [-0.4, -0.2) is 23.1 Å². The molecule has 2 heterocycles. The summed E-state index contributed by atoms with van der Waals surface area (Å²) >= 11 is 0. The molecule has 0 atom stereocenters. The normalized spacial score (nSPS) is 19.1. The molecule has 0 spiro atoms. The maximum absolute atomic E-state index is 4.23. The third-order valence-electron chi connectivity index (χ3n) is 2.80. The van der Waals surface area contributed by atoms with Gasteiger partial charge in [-0.05, 0) is 38.3 Å². The van der Waals surface area contributed by atoms with Crippen LogP contribution in [0.15, 0.2) is 12.4 Å². The lowest BCUT2D eigenvalue weighted by molar-refractivity contribution is 0.352. The highest BCUT2D eigenvalue weighted by atomic mass is 14.9. The van der Waals surface area contributed by atoms with Gasteiger partial charge >= 0.3 is 0 Å². The summed E-state index contributed by atoms with van der Waals surface area (Å²) in [5.74, 6) is 2.05. The van der Waals surface area contributed by atoms with Crippen molar-refractivity contribution in [2.24, 2.45) is 5.92 Å². The minimum atomic E-state index is 0.909. The van der Waals surface area contributed by atoms with Crippen LogP contribution in [0.25, 0.3) is 0 Å². The van der Waals surface area contributed by atoms with E-state index in [0.717, 1.165) is 18.2 Å². The summed E-state index contributed by atoms with van der Waals surface area (Å²) in [6.07, 6.45) is 8.80. The van der Waals surface area contributed by atoms with Crippen LogP contribution < -0.4 is 5.32 Å². The molecule has 1 aliphatic rings. The molecule has 3 heteroatoms. The summed E-state index contributed by atoms with van der Waals surface area (Å²) in [6.45, 7) is 2.39. The number of aryl methyl sites for hydroxylation is 1. The molecule has 72 valence electrons. The van der Waals surface area contributed by atoms with Gasteiger partial charge in [-0.25, -0.2) is 4.98 Å². The maximum atomic E-state index is 4.23. The van der Waals surface area contributed by atoms with E-state index in [1.54, 1.807) is 0 Å². The van der Waals surface area contributed by atoms with Gasteiger partial charge in [0, 0.05) is 18.8 Å². The molecule has 0 bridgehead atoms. The zero-order valence-electron chi connectivity index (χ0n) is 7.92. The lowest BCUT2D eigenvalue weighted by Gasteiger charge is -2.21. The Kier molecular flexibility index (Phi) is 2.98. The Morgan fingerprint density at radius 2 is 2.23 bits per heavy atom. The lowest BCUT2D eigenvalue weighted by atomic mass is 9.93. The molecule has 0 saturated carbocycles. The molecular weight excluding hydrogens is 162 g/mol. The predicted octanol–water partition coefficient (Wildman–Crippen LogP) is 1.34. The monoisotopic (exact) mass is 179 g/mol. The van der Waals surface area contributed by atoms with Crippen LogP contribution in [0.5, 0.6) is 0 Å². The van der Waals surface area contributed by atoms with Gasteiger partial charge in [-0.3, -0.25) is 0 Å². The van der Waals surface area contributed by atoms with E-state index in [1.807, 2.05) is 12.4 Å². The van der Waals surface area contributed by atoms with E-state index in [-0.39, 0.29) is 0 Å². The van der Waals surface area contributed by atoms with Gasteiger partial charge in [-0.15, -0.1) is 0 Å². The number of hydrogen-bond acceptors (Lipinski definition) is 2. The van der Waals surface area contributed by atoms with Crippen molar-refractivity contribution in [3.8, 4) is 0 Å². The van der Waals surface area contributed by atoms with Gasteiger partial charge in [0.25, 0.3) is 0 Å². The molecule has 3 nitrogen and oxygen atoms in total. The van der Waals surface area contributed by atoms with Crippen molar-refractivity contribution >= 4 is 0 Å². The minimum absolute atomic E-state index is 0.909. The first-order valence-electron chi connectivity index (χ1n) is 5.14. The fourth-order valence-corrected chi connectivity index (χ4v) is 1.95. The second kappa shape index (κ2) is 4.42. The summed E-state index contributed by atoms with van der Waals surface area (Å²) in [4.78, 5) is 7.38. The Hall–Kier alpha value is -0.830. The van der Waals surface area contributed by atoms with Crippen molar-refractivity contribution < 1.29 is 0 Å². The van der Waals surface area contributed by atoms with Crippen LogP contribution in [0, 0.1) is 5.92 Å². The van der Waals surface area contributed by atoms with Gasteiger partial charge in [-0.1, -0.05) is 0 Å². The first kappa shape index (κ1) is 8.75. The van der Waals surface area contributed by atoms with Crippen molar-refractivity contribution in [1.29, 1.82) is 0 Å². The van der Waals surface area contributed by atoms with E-state index in [0.29, 0.717) is 0 Å². The Bertz CT molecular complexity index is 224. The van der Waals surface area contributed by atoms with Gasteiger partial charge in [0.05, 0.1) is 0 Å². The van der Waals surface area contributed by atoms with E-state index in [1.165, 1.54) is 32.4 Å². The molecule has 0 radical (unpaired) electrons. The number of imidazole rings is 1.